The summed E-state index contributed by atoms with van der Waals surface area (Å²) in [5.41, 5.74) is 0.580. The maximum atomic E-state index is 5.55. The van der Waals surface area contributed by atoms with Gasteiger partial charge < -0.3 is 14.8 Å². The number of nitrogens with one attached hydrogen (secondary N) is 1. The zero-order valence-corrected chi connectivity index (χ0v) is 14.0. The Morgan fingerprint density at radius 1 is 0.947 bits per heavy atom. The zero-order valence-electron chi connectivity index (χ0n) is 14.0. The fourth-order valence-corrected chi connectivity index (χ4v) is 2.23. The molecule has 1 atom stereocenters. The molecule has 0 fully saturated rings. The van der Waals surface area contributed by atoms with Gasteiger partial charge >= 0.3 is 0 Å². The van der Waals surface area contributed by atoms with Gasteiger partial charge in [0.05, 0.1) is 13.2 Å². The van der Waals surface area contributed by atoms with Crippen LogP contribution in [0.2, 0.25) is 0 Å². The van der Waals surface area contributed by atoms with Crippen LogP contribution in [0.1, 0.15) is 60.3 Å². The highest BCUT2D eigenvalue weighted by Crippen LogP contribution is 2.29. The monoisotopic (exact) mass is 273 g/mol. The fraction of sp³-hybridized carbons (Fsp3) is 1.00. The Morgan fingerprint density at radius 3 is 2.16 bits per heavy atom. The van der Waals surface area contributed by atoms with Gasteiger partial charge in [0.1, 0.15) is 0 Å². The summed E-state index contributed by atoms with van der Waals surface area (Å²) in [6.45, 7) is 14.7. The Balaban J connectivity index is 3.94. The molecule has 0 saturated carbocycles. The molecule has 3 heteroatoms. The van der Waals surface area contributed by atoms with Crippen molar-refractivity contribution in [3.8, 4) is 0 Å². The molecule has 116 valence electrons. The molecule has 0 amide bonds. The average Bonchev–Trinajstić information content (AvgIpc) is 2.31. The zero-order chi connectivity index (χ0) is 14.8. The van der Waals surface area contributed by atoms with E-state index in [1.807, 2.05) is 0 Å². The first-order chi connectivity index (χ1) is 8.83. The lowest BCUT2D eigenvalue weighted by molar-refractivity contribution is 0.0631. The van der Waals surface area contributed by atoms with Gasteiger partial charge in [-0.3, -0.25) is 0 Å². The number of rotatable bonds is 11. The molecule has 0 aromatic carbocycles. The number of hydrogen-bond acceptors (Lipinski definition) is 3. The van der Waals surface area contributed by atoms with E-state index in [1.54, 1.807) is 7.11 Å². The van der Waals surface area contributed by atoms with Gasteiger partial charge in [-0.05, 0) is 45.4 Å². The third-order valence-corrected chi connectivity index (χ3v) is 3.40. The van der Waals surface area contributed by atoms with Crippen LogP contribution in [0, 0.1) is 5.41 Å². The second-order valence-electron chi connectivity index (χ2n) is 6.87. The van der Waals surface area contributed by atoms with E-state index in [-0.39, 0.29) is 5.54 Å². The molecular formula is C16H35NO2. The van der Waals surface area contributed by atoms with Gasteiger partial charge in [-0.15, -0.1) is 0 Å². The lowest BCUT2D eigenvalue weighted by atomic mass is 9.80. The van der Waals surface area contributed by atoms with Gasteiger partial charge in [-0.25, -0.2) is 0 Å². The van der Waals surface area contributed by atoms with Gasteiger partial charge in [0.15, 0.2) is 0 Å². The van der Waals surface area contributed by atoms with Gasteiger partial charge in [0.2, 0.25) is 0 Å². The highest BCUT2D eigenvalue weighted by Gasteiger charge is 2.24. The largest absolute Gasteiger partial charge is 0.382 e. The number of ether oxygens (including phenoxy) is 2. The van der Waals surface area contributed by atoms with Crippen LogP contribution in [-0.4, -0.2) is 39.0 Å². The van der Waals surface area contributed by atoms with Crippen LogP contribution in [0.4, 0.5) is 0 Å². The van der Waals surface area contributed by atoms with E-state index in [4.69, 9.17) is 9.47 Å². The van der Waals surface area contributed by atoms with Crippen LogP contribution < -0.4 is 5.32 Å². The van der Waals surface area contributed by atoms with E-state index in [1.165, 1.54) is 19.3 Å². The number of hydrogen-bond donors (Lipinski definition) is 1. The van der Waals surface area contributed by atoms with Crippen molar-refractivity contribution < 1.29 is 9.47 Å². The molecule has 0 radical (unpaired) electrons. The Hall–Kier alpha value is -0.120. The highest BCUT2D eigenvalue weighted by atomic mass is 16.5. The molecule has 0 aromatic heterocycles. The molecule has 0 aromatic rings. The summed E-state index contributed by atoms with van der Waals surface area (Å²) in [4.78, 5) is 0. The summed E-state index contributed by atoms with van der Waals surface area (Å²) in [5.74, 6) is 0. The van der Waals surface area contributed by atoms with E-state index in [0.29, 0.717) is 18.6 Å². The second kappa shape index (κ2) is 9.73. The van der Waals surface area contributed by atoms with Crippen molar-refractivity contribution in [2.24, 2.45) is 5.41 Å². The standard InChI is InChI=1S/C16H35NO2/c1-7-9-16(5,14-17-15(2,3)4)10-8-11-19-13-12-18-6/h17H,7-14H2,1-6H3. The van der Waals surface area contributed by atoms with E-state index >= 15 is 0 Å². The molecule has 0 aliphatic carbocycles. The third kappa shape index (κ3) is 11.4. The first kappa shape index (κ1) is 18.9. The molecule has 0 rings (SSSR count). The van der Waals surface area contributed by atoms with Crippen LogP contribution in [0.15, 0.2) is 0 Å². The maximum absolute atomic E-state index is 5.55. The Kier molecular flexibility index (Phi) is 9.67. The Morgan fingerprint density at radius 2 is 1.63 bits per heavy atom. The van der Waals surface area contributed by atoms with E-state index < -0.39 is 0 Å². The van der Waals surface area contributed by atoms with Gasteiger partial charge in [0, 0.05) is 25.8 Å². The summed E-state index contributed by atoms with van der Waals surface area (Å²) >= 11 is 0. The van der Waals surface area contributed by atoms with Crippen LogP contribution in [0.3, 0.4) is 0 Å². The quantitative estimate of drug-likeness (QED) is 0.583. The van der Waals surface area contributed by atoms with Crippen LogP contribution >= 0.6 is 0 Å². The van der Waals surface area contributed by atoms with Crippen molar-refractivity contribution in [2.45, 2.75) is 65.8 Å². The molecule has 3 nitrogen and oxygen atoms in total. The molecule has 1 unspecified atom stereocenters. The van der Waals surface area contributed by atoms with Gasteiger partial charge in [0.25, 0.3) is 0 Å². The van der Waals surface area contributed by atoms with Crippen LogP contribution in [0.25, 0.3) is 0 Å². The molecule has 0 bridgehead atoms. The lowest BCUT2D eigenvalue weighted by Gasteiger charge is -2.33. The summed E-state index contributed by atoms with van der Waals surface area (Å²) in [6.07, 6.45) is 4.87. The van der Waals surface area contributed by atoms with Crippen molar-refractivity contribution in [1.82, 2.24) is 5.32 Å². The van der Waals surface area contributed by atoms with Crippen molar-refractivity contribution in [2.75, 3.05) is 33.5 Å². The smallest absolute Gasteiger partial charge is 0.0700 e. The molecule has 0 heterocycles. The van der Waals surface area contributed by atoms with Crippen molar-refractivity contribution >= 4 is 0 Å². The molecule has 1 N–H and O–H groups in total. The minimum Gasteiger partial charge on any atom is -0.382 e. The minimum atomic E-state index is 0.198. The normalized spacial score (nSPS) is 15.5. The maximum Gasteiger partial charge on any atom is 0.0700 e. The Bertz CT molecular complexity index is 213. The molecule has 0 saturated heterocycles. The lowest BCUT2D eigenvalue weighted by Crippen LogP contribution is -2.43. The molecule has 0 aliphatic heterocycles. The molecule has 0 spiro atoms. The SMILES string of the molecule is CCCC(C)(CCCOCCOC)CNC(C)(C)C. The Labute approximate surface area is 120 Å². The van der Waals surface area contributed by atoms with Crippen molar-refractivity contribution in [3.63, 3.8) is 0 Å². The average molecular weight is 273 g/mol. The molecule has 19 heavy (non-hydrogen) atoms. The first-order valence-electron chi connectivity index (χ1n) is 7.65. The summed E-state index contributed by atoms with van der Waals surface area (Å²) in [5, 5.41) is 3.65. The fourth-order valence-electron chi connectivity index (χ4n) is 2.23. The van der Waals surface area contributed by atoms with Crippen molar-refractivity contribution in [3.05, 3.63) is 0 Å². The van der Waals surface area contributed by atoms with Gasteiger partial charge in [-0.2, -0.15) is 0 Å². The van der Waals surface area contributed by atoms with Crippen LogP contribution in [-0.2, 0) is 9.47 Å². The summed E-state index contributed by atoms with van der Waals surface area (Å²) < 4.78 is 10.5. The predicted octanol–water partition coefficient (Wildman–Crippen LogP) is 3.62. The van der Waals surface area contributed by atoms with E-state index in [0.717, 1.165) is 19.6 Å². The van der Waals surface area contributed by atoms with Gasteiger partial charge in [-0.1, -0.05) is 20.3 Å². The van der Waals surface area contributed by atoms with E-state index in [2.05, 4.69) is 39.9 Å². The summed E-state index contributed by atoms with van der Waals surface area (Å²) in [7, 11) is 1.71. The first-order valence-corrected chi connectivity index (χ1v) is 7.65. The van der Waals surface area contributed by atoms with E-state index in [9.17, 15) is 0 Å². The molecular weight excluding hydrogens is 238 g/mol. The minimum absolute atomic E-state index is 0.198. The highest BCUT2D eigenvalue weighted by molar-refractivity contribution is 4.81. The predicted molar refractivity (Wildman–Crippen MR) is 82.7 cm³/mol. The second-order valence-corrected chi connectivity index (χ2v) is 6.87. The molecule has 0 aliphatic rings. The van der Waals surface area contributed by atoms with Crippen molar-refractivity contribution in [1.29, 1.82) is 0 Å². The number of methoxy groups -OCH3 is 1. The van der Waals surface area contributed by atoms with Crippen LogP contribution in [0.5, 0.6) is 0 Å². The topological polar surface area (TPSA) is 30.5 Å². The third-order valence-electron chi connectivity index (χ3n) is 3.40. The summed E-state index contributed by atoms with van der Waals surface area (Å²) in [6, 6.07) is 0.